The van der Waals surface area contributed by atoms with E-state index in [0.717, 1.165) is 52.4 Å². The summed E-state index contributed by atoms with van der Waals surface area (Å²) in [6, 6.07) is 3.81. The van der Waals surface area contributed by atoms with Gasteiger partial charge in [-0.3, -0.25) is 9.59 Å². The van der Waals surface area contributed by atoms with Gasteiger partial charge in [0.1, 0.15) is 10.3 Å². The summed E-state index contributed by atoms with van der Waals surface area (Å²) >= 11 is 2.95. The number of thiazole rings is 1. The number of ketones is 2. The molecule has 5 aliphatic rings. The molecule has 40 heavy (non-hydrogen) atoms. The van der Waals surface area contributed by atoms with Crippen LogP contribution in [0.25, 0.3) is 10.3 Å². The van der Waals surface area contributed by atoms with Gasteiger partial charge < -0.3 is 14.6 Å². The normalized spacial score (nSPS) is 41.8. The Kier molecular flexibility index (Phi) is 6.44. The van der Waals surface area contributed by atoms with Crippen LogP contribution in [0.1, 0.15) is 59.3 Å². The van der Waals surface area contributed by atoms with Gasteiger partial charge >= 0.3 is 0 Å². The minimum absolute atomic E-state index is 0.00281. The lowest BCUT2D eigenvalue weighted by Gasteiger charge is -2.59. The Bertz CT molecular complexity index is 1400. The highest BCUT2D eigenvalue weighted by Crippen LogP contribution is 2.69. The SMILES string of the molecule is CCC[C@H]1O[C@@H]2CC3C4CCC5=CC(=O)C=CC5(C)C4C(O)CC3(C)[C@]2(C(=O)CSc2nc3cccnc3s2)O1. The molecule has 2 aromatic rings. The van der Waals surface area contributed by atoms with Crippen LogP contribution in [0.4, 0.5) is 0 Å². The first-order valence-electron chi connectivity index (χ1n) is 14.5. The molecule has 0 aromatic carbocycles. The number of hydrogen-bond donors (Lipinski definition) is 1. The number of aromatic nitrogens is 2. The maximum Gasteiger partial charge on any atom is 0.178 e. The summed E-state index contributed by atoms with van der Waals surface area (Å²) in [7, 11) is 0. The number of aliphatic hydroxyl groups excluding tert-OH is 1. The highest BCUT2D eigenvalue weighted by atomic mass is 32.2. The van der Waals surface area contributed by atoms with Crippen molar-refractivity contribution in [3.63, 3.8) is 0 Å². The van der Waals surface area contributed by atoms with Crippen LogP contribution in [0.3, 0.4) is 0 Å². The molecule has 1 N–H and O–H groups in total. The molecule has 1 aliphatic heterocycles. The summed E-state index contributed by atoms with van der Waals surface area (Å²) in [6.45, 7) is 6.45. The molecule has 6 unspecified atom stereocenters. The van der Waals surface area contributed by atoms with Crippen molar-refractivity contribution >= 4 is 45.0 Å². The molecule has 4 aliphatic carbocycles. The lowest BCUT2D eigenvalue weighted by Crippen LogP contribution is -2.63. The van der Waals surface area contributed by atoms with E-state index in [1.54, 1.807) is 18.3 Å². The van der Waals surface area contributed by atoms with Crippen LogP contribution in [0, 0.1) is 28.6 Å². The Labute approximate surface area is 242 Å². The van der Waals surface area contributed by atoms with Crippen molar-refractivity contribution in [1.29, 1.82) is 0 Å². The molecule has 3 heterocycles. The molecule has 2 aromatic heterocycles. The van der Waals surface area contributed by atoms with Crippen molar-refractivity contribution in [3.8, 4) is 0 Å². The van der Waals surface area contributed by atoms with Gasteiger partial charge in [0.25, 0.3) is 0 Å². The Morgan fingerprint density at radius 2 is 2.17 bits per heavy atom. The van der Waals surface area contributed by atoms with Crippen molar-refractivity contribution in [2.45, 2.75) is 87.7 Å². The van der Waals surface area contributed by atoms with Crippen molar-refractivity contribution < 1.29 is 24.2 Å². The first kappa shape index (κ1) is 27.0. The Balaban J connectivity index is 1.22. The van der Waals surface area contributed by atoms with E-state index in [4.69, 9.17) is 9.47 Å². The van der Waals surface area contributed by atoms with E-state index in [0.29, 0.717) is 6.42 Å². The Hall–Kier alpha value is -1.91. The maximum atomic E-state index is 14.4. The number of carbonyl (C=O) groups excluding carboxylic acids is 2. The smallest absolute Gasteiger partial charge is 0.178 e. The van der Waals surface area contributed by atoms with E-state index in [1.807, 2.05) is 18.2 Å². The molecule has 1 saturated heterocycles. The van der Waals surface area contributed by atoms with Gasteiger partial charge in [0, 0.05) is 22.9 Å². The summed E-state index contributed by atoms with van der Waals surface area (Å²) in [6.07, 6.45) is 10.5. The molecule has 0 amide bonds. The third-order valence-electron chi connectivity index (χ3n) is 10.7. The second-order valence-corrected chi connectivity index (χ2v) is 14.9. The average Bonchev–Trinajstić information content (AvgIpc) is 3.57. The highest BCUT2D eigenvalue weighted by Gasteiger charge is 2.75. The summed E-state index contributed by atoms with van der Waals surface area (Å²) in [5, 5.41) is 11.9. The number of thioether (sulfide) groups is 1. The van der Waals surface area contributed by atoms with Crippen LogP contribution in [-0.2, 0) is 19.1 Å². The largest absolute Gasteiger partial charge is 0.393 e. The molecule has 7 rings (SSSR count). The number of allylic oxidation sites excluding steroid dienone is 4. The number of aliphatic hydroxyl groups is 1. The van der Waals surface area contributed by atoms with Gasteiger partial charge in [-0.1, -0.05) is 61.9 Å². The van der Waals surface area contributed by atoms with Gasteiger partial charge in [-0.15, -0.1) is 0 Å². The van der Waals surface area contributed by atoms with Gasteiger partial charge in [0.05, 0.1) is 18.0 Å². The van der Waals surface area contributed by atoms with Crippen molar-refractivity contribution in [3.05, 3.63) is 42.1 Å². The molecule has 0 spiro atoms. The van der Waals surface area contributed by atoms with Crippen molar-refractivity contribution in [1.82, 2.24) is 9.97 Å². The Morgan fingerprint density at radius 1 is 1.32 bits per heavy atom. The molecule has 3 saturated carbocycles. The quantitative estimate of drug-likeness (QED) is 0.446. The van der Waals surface area contributed by atoms with Gasteiger partial charge in [-0.05, 0) is 68.2 Å². The second-order valence-electron chi connectivity index (χ2n) is 12.7. The zero-order valence-electron chi connectivity index (χ0n) is 23.2. The van der Waals surface area contributed by atoms with Gasteiger partial charge in [0.15, 0.2) is 27.8 Å². The highest BCUT2D eigenvalue weighted by molar-refractivity contribution is 8.01. The molecular formula is C31H36N2O5S2. The zero-order chi connectivity index (χ0) is 27.9. The minimum atomic E-state index is -1.10. The second kappa shape index (κ2) is 9.56. The molecule has 4 fully saturated rings. The van der Waals surface area contributed by atoms with E-state index in [1.165, 1.54) is 23.1 Å². The first-order chi connectivity index (χ1) is 19.2. The summed E-state index contributed by atoms with van der Waals surface area (Å²) in [4.78, 5) is 36.6. The first-order valence-corrected chi connectivity index (χ1v) is 16.3. The number of rotatable bonds is 6. The summed E-state index contributed by atoms with van der Waals surface area (Å²) in [5.41, 5.74) is -0.0329. The summed E-state index contributed by atoms with van der Waals surface area (Å²) in [5.74, 6) is 0.695. The van der Waals surface area contributed by atoms with E-state index in [2.05, 4.69) is 30.7 Å². The van der Waals surface area contributed by atoms with Crippen LogP contribution < -0.4 is 0 Å². The molecule has 0 radical (unpaired) electrons. The fourth-order valence-corrected chi connectivity index (χ4v) is 11.0. The number of ether oxygens (including phenoxy) is 2. The van der Waals surface area contributed by atoms with Gasteiger partial charge in [-0.2, -0.15) is 0 Å². The fraction of sp³-hybridized carbons (Fsp3) is 0.613. The fourth-order valence-electron chi connectivity index (χ4n) is 9.05. The van der Waals surface area contributed by atoms with Crippen LogP contribution in [-0.4, -0.2) is 56.5 Å². The number of hydrogen-bond acceptors (Lipinski definition) is 9. The monoisotopic (exact) mass is 580 g/mol. The number of pyridine rings is 1. The minimum Gasteiger partial charge on any atom is -0.393 e. The third-order valence-corrected chi connectivity index (χ3v) is 12.8. The van der Waals surface area contributed by atoms with Crippen LogP contribution in [0.2, 0.25) is 0 Å². The van der Waals surface area contributed by atoms with E-state index >= 15 is 0 Å². The van der Waals surface area contributed by atoms with Crippen molar-refractivity contribution in [2.75, 3.05) is 5.75 Å². The molecule has 7 nitrogen and oxygen atoms in total. The van der Waals surface area contributed by atoms with E-state index in [9.17, 15) is 14.7 Å². The van der Waals surface area contributed by atoms with E-state index < -0.39 is 23.4 Å². The maximum absolute atomic E-state index is 14.4. The Morgan fingerprint density at radius 3 is 2.98 bits per heavy atom. The zero-order valence-corrected chi connectivity index (χ0v) is 24.8. The molecular weight excluding hydrogens is 544 g/mol. The topological polar surface area (TPSA) is 98.6 Å². The predicted molar refractivity (Wildman–Crippen MR) is 154 cm³/mol. The van der Waals surface area contributed by atoms with Crippen LogP contribution in [0.15, 0.2) is 46.5 Å². The van der Waals surface area contributed by atoms with Gasteiger partial charge in [0.2, 0.25) is 0 Å². The average molecular weight is 581 g/mol. The molecule has 9 atom stereocenters. The number of nitrogens with zero attached hydrogens (tertiary/aromatic N) is 2. The number of Topliss-reactive ketones (excluding diaryl/α,β-unsaturated/α-hetero) is 1. The lowest BCUT2D eigenvalue weighted by molar-refractivity contribution is -0.197. The number of carbonyl (C=O) groups is 2. The third kappa shape index (κ3) is 3.73. The predicted octanol–water partition coefficient (Wildman–Crippen LogP) is 5.52. The lowest BCUT2D eigenvalue weighted by atomic mass is 9.46. The van der Waals surface area contributed by atoms with E-state index in [-0.39, 0.29) is 46.6 Å². The molecule has 212 valence electrons. The van der Waals surface area contributed by atoms with Gasteiger partial charge in [-0.25, -0.2) is 9.97 Å². The summed E-state index contributed by atoms with van der Waals surface area (Å²) < 4.78 is 14.1. The standard InChI is InChI=1S/C31H36N2O5S2/c1-4-6-25-37-24-14-20-19-9-8-17-13-18(34)10-11-29(17,2)26(19)22(35)15-30(20,3)31(24,38-25)23(36)16-39-28-33-21-7-5-12-32-27(21)40-28/h5,7,10-13,19-20,22,24-26,35H,4,6,8-9,14-16H2,1-3H3/t19?,20?,22?,24-,25+,26?,29?,30?,31-/m1/s1. The molecule has 0 bridgehead atoms. The number of fused-ring (bicyclic) bond motifs is 8. The van der Waals surface area contributed by atoms with Crippen LogP contribution >= 0.6 is 23.1 Å². The molecule has 9 heteroatoms. The van der Waals surface area contributed by atoms with Crippen LogP contribution in [0.5, 0.6) is 0 Å². The van der Waals surface area contributed by atoms with Crippen molar-refractivity contribution in [2.24, 2.45) is 28.6 Å².